The molecule has 0 unspecified atom stereocenters. The second kappa shape index (κ2) is 7.52. The lowest BCUT2D eigenvalue weighted by Crippen LogP contribution is -2.27. The third-order valence-electron chi connectivity index (χ3n) is 4.43. The number of nitrogens with one attached hydrogen (secondary N) is 1. The van der Waals surface area contributed by atoms with Crippen molar-refractivity contribution < 1.29 is 9.53 Å². The smallest absolute Gasteiger partial charge is 0.251 e. The first-order valence-electron chi connectivity index (χ1n) is 8.45. The van der Waals surface area contributed by atoms with Gasteiger partial charge in [-0.05, 0) is 87.6 Å². The van der Waals surface area contributed by atoms with Gasteiger partial charge in [0.15, 0.2) is 0 Å². The summed E-state index contributed by atoms with van der Waals surface area (Å²) in [5, 5.41) is 3.10. The average Bonchev–Trinajstić information content (AvgIpc) is 2.52. The first-order chi connectivity index (χ1) is 11.3. The van der Waals surface area contributed by atoms with Gasteiger partial charge >= 0.3 is 0 Å². The van der Waals surface area contributed by atoms with Crippen LogP contribution in [0, 0.1) is 27.7 Å². The summed E-state index contributed by atoms with van der Waals surface area (Å²) in [5.74, 6) is 0.762. The Kier molecular flexibility index (Phi) is 5.66. The average molecular weight is 325 g/mol. The summed E-state index contributed by atoms with van der Waals surface area (Å²) in [6, 6.07) is 9.85. The molecule has 0 saturated carbocycles. The van der Waals surface area contributed by atoms with Crippen molar-refractivity contribution in [3.05, 3.63) is 63.7 Å². The molecule has 0 aliphatic carbocycles. The lowest BCUT2D eigenvalue weighted by Gasteiger charge is -2.19. The quantitative estimate of drug-likeness (QED) is 0.856. The maximum Gasteiger partial charge on any atom is 0.251 e. The van der Waals surface area contributed by atoms with Gasteiger partial charge in [0.2, 0.25) is 0 Å². The Bertz CT molecular complexity index is 750. The minimum Gasteiger partial charge on any atom is -0.494 e. The number of carbonyl (C=O) groups is 1. The lowest BCUT2D eigenvalue weighted by atomic mass is 9.96. The molecule has 2 rings (SSSR count). The van der Waals surface area contributed by atoms with Crippen LogP contribution in [0.4, 0.5) is 0 Å². The van der Waals surface area contributed by atoms with E-state index in [2.05, 4.69) is 38.2 Å². The van der Waals surface area contributed by atoms with Crippen molar-refractivity contribution in [3.63, 3.8) is 0 Å². The van der Waals surface area contributed by atoms with Crippen LogP contribution in [0.5, 0.6) is 5.75 Å². The molecular weight excluding hydrogens is 298 g/mol. The summed E-state index contributed by atoms with van der Waals surface area (Å²) in [7, 11) is 0. The van der Waals surface area contributed by atoms with Crippen molar-refractivity contribution in [1.29, 1.82) is 0 Å². The molecule has 24 heavy (non-hydrogen) atoms. The summed E-state index contributed by atoms with van der Waals surface area (Å²) < 4.78 is 5.53. The number of benzene rings is 2. The van der Waals surface area contributed by atoms with E-state index in [1.807, 2.05) is 39.0 Å². The van der Waals surface area contributed by atoms with Gasteiger partial charge in [0.25, 0.3) is 5.91 Å². The van der Waals surface area contributed by atoms with Crippen molar-refractivity contribution >= 4 is 5.91 Å². The fourth-order valence-corrected chi connectivity index (χ4v) is 2.92. The summed E-state index contributed by atoms with van der Waals surface area (Å²) in [4.78, 5) is 12.6. The first kappa shape index (κ1) is 18.1. The maximum absolute atomic E-state index is 12.6. The number of carbonyl (C=O) groups excluding carboxylic acids is 1. The number of rotatable bonds is 5. The van der Waals surface area contributed by atoms with Crippen molar-refractivity contribution in [2.45, 2.75) is 47.6 Å². The van der Waals surface area contributed by atoms with Crippen LogP contribution < -0.4 is 10.1 Å². The van der Waals surface area contributed by atoms with Crippen LogP contribution in [0.25, 0.3) is 0 Å². The van der Waals surface area contributed by atoms with Gasteiger partial charge in [-0.2, -0.15) is 0 Å². The van der Waals surface area contributed by atoms with Gasteiger partial charge in [-0.25, -0.2) is 0 Å². The Morgan fingerprint density at radius 3 is 2.29 bits per heavy atom. The molecule has 3 heteroatoms. The third-order valence-corrected chi connectivity index (χ3v) is 4.43. The van der Waals surface area contributed by atoms with Crippen molar-refractivity contribution in [2.75, 3.05) is 6.61 Å². The Hall–Kier alpha value is -2.29. The van der Waals surface area contributed by atoms with E-state index in [4.69, 9.17) is 4.74 Å². The monoisotopic (exact) mass is 325 g/mol. The third kappa shape index (κ3) is 3.97. The molecule has 0 aliphatic rings. The largest absolute Gasteiger partial charge is 0.494 e. The summed E-state index contributed by atoms with van der Waals surface area (Å²) >= 11 is 0. The zero-order chi connectivity index (χ0) is 17.9. The second-order valence-electron chi connectivity index (χ2n) is 6.40. The molecule has 0 spiro atoms. The highest BCUT2D eigenvalue weighted by Crippen LogP contribution is 2.23. The molecule has 1 N–H and O–H groups in total. The van der Waals surface area contributed by atoms with Gasteiger partial charge in [0, 0.05) is 5.56 Å². The molecule has 3 nitrogen and oxygen atoms in total. The van der Waals surface area contributed by atoms with Crippen LogP contribution in [0.15, 0.2) is 30.3 Å². The summed E-state index contributed by atoms with van der Waals surface area (Å²) in [6.07, 6.45) is 0. The molecule has 1 atom stereocenters. The molecule has 0 heterocycles. The van der Waals surface area contributed by atoms with Gasteiger partial charge in [-0.1, -0.05) is 12.1 Å². The van der Waals surface area contributed by atoms with Crippen LogP contribution >= 0.6 is 0 Å². The number of hydrogen-bond acceptors (Lipinski definition) is 2. The topological polar surface area (TPSA) is 38.3 Å². The van der Waals surface area contributed by atoms with Crippen LogP contribution in [0.1, 0.15) is 58.1 Å². The standard InChI is InChI=1S/C21H27NO2/c1-7-24-20-9-8-18(11-16(20)5)21(23)22-17(6)19-12-14(3)13(2)10-15(19)4/h8-12,17H,7H2,1-6H3,(H,22,23)/t17-/m1/s1. The number of aryl methyl sites for hydroxylation is 4. The molecule has 1 amide bonds. The molecule has 0 bridgehead atoms. The van der Waals surface area contributed by atoms with Gasteiger partial charge in [-0.15, -0.1) is 0 Å². The number of ether oxygens (including phenoxy) is 1. The number of amides is 1. The lowest BCUT2D eigenvalue weighted by molar-refractivity contribution is 0.0939. The molecule has 128 valence electrons. The van der Waals surface area contributed by atoms with Gasteiger partial charge in [0.05, 0.1) is 12.6 Å². The second-order valence-corrected chi connectivity index (χ2v) is 6.40. The number of hydrogen-bond donors (Lipinski definition) is 1. The summed E-state index contributed by atoms with van der Waals surface area (Å²) in [5.41, 5.74) is 6.51. The molecule has 0 fully saturated rings. The predicted molar refractivity (Wildman–Crippen MR) is 98.9 cm³/mol. The van der Waals surface area contributed by atoms with Crippen LogP contribution in [-0.2, 0) is 0 Å². The Labute approximate surface area is 145 Å². The van der Waals surface area contributed by atoms with E-state index in [1.54, 1.807) is 0 Å². The van der Waals surface area contributed by atoms with Gasteiger partial charge in [-0.3, -0.25) is 4.79 Å². The normalized spacial score (nSPS) is 11.9. The Balaban J connectivity index is 2.17. The fraction of sp³-hybridized carbons (Fsp3) is 0.381. The Morgan fingerprint density at radius 2 is 1.67 bits per heavy atom. The van der Waals surface area contributed by atoms with Crippen molar-refractivity contribution in [1.82, 2.24) is 5.32 Å². The van der Waals surface area contributed by atoms with Gasteiger partial charge in [0.1, 0.15) is 5.75 Å². The van der Waals surface area contributed by atoms with Crippen LogP contribution in [0.2, 0.25) is 0 Å². The molecule has 0 aromatic heterocycles. The van der Waals surface area contributed by atoms with E-state index in [0.717, 1.165) is 16.9 Å². The maximum atomic E-state index is 12.6. The first-order valence-corrected chi connectivity index (χ1v) is 8.45. The van der Waals surface area contributed by atoms with Gasteiger partial charge < -0.3 is 10.1 Å². The molecular formula is C21H27NO2. The minimum atomic E-state index is -0.0636. The molecule has 2 aromatic rings. The van der Waals surface area contributed by atoms with Crippen LogP contribution in [-0.4, -0.2) is 12.5 Å². The molecule has 2 aromatic carbocycles. The summed E-state index contributed by atoms with van der Waals surface area (Å²) in [6.45, 7) is 12.9. The van der Waals surface area contributed by atoms with E-state index in [0.29, 0.717) is 12.2 Å². The van der Waals surface area contributed by atoms with Crippen molar-refractivity contribution in [3.8, 4) is 5.75 Å². The highest BCUT2D eigenvalue weighted by atomic mass is 16.5. The van der Waals surface area contributed by atoms with E-state index in [9.17, 15) is 4.79 Å². The SMILES string of the molecule is CCOc1ccc(C(=O)N[C@H](C)c2cc(C)c(C)cc2C)cc1C. The highest BCUT2D eigenvalue weighted by Gasteiger charge is 2.15. The van der Waals surface area contributed by atoms with Crippen molar-refractivity contribution in [2.24, 2.45) is 0 Å². The van der Waals surface area contributed by atoms with E-state index >= 15 is 0 Å². The zero-order valence-corrected chi connectivity index (χ0v) is 15.5. The van der Waals surface area contributed by atoms with E-state index in [-0.39, 0.29) is 11.9 Å². The minimum absolute atomic E-state index is 0.0383. The fourth-order valence-electron chi connectivity index (χ4n) is 2.92. The highest BCUT2D eigenvalue weighted by molar-refractivity contribution is 5.94. The predicted octanol–water partition coefficient (Wildman–Crippen LogP) is 4.81. The molecule has 0 aliphatic heterocycles. The molecule has 0 radical (unpaired) electrons. The van der Waals surface area contributed by atoms with E-state index in [1.165, 1.54) is 16.7 Å². The van der Waals surface area contributed by atoms with E-state index < -0.39 is 0 Å². The molecule has 0 saturated heterocycles. The Morgan fingerprint density at radius 1 is 1.00 bits per heavy atom. The zero-order valence-electron chi connectivity index (χ0n) is 15.5. The van der Waals surface area contributed by atoms with Crippen LogP contribution in [0.3, 0.4) is 0 Å².